The lowest BCUT2D eigenvalue weighted by Gasteiger charge is -2.27. The molecular weight excluding hydrogens is 260 g/mol. The van der Waals surface area contributed by atoms with Gasteiger partial charge in [-0.1, -0.05) is 6.07 Å². The van der Waals surface area contributed by atoms with Gasteiger partial charge in [-0.15, -0.1) is 0 Å². The topological polar surface area (TPSA) is 42.1 Å². The molecule has 1 aliphatic rings. The van der Waals surface area contributed by atoms with E-state index in [1.165, 1.54) is 0 Å². The number of nitrogen functional groups attached to an aromatic ring is 1. The van der Waals surface area contributed by atoms with Crippen molar-refractivity contribution >= 4 is 11.4 Å². The van der Waals surface area contributed by atoms with E-state index in [9.17, 15) is 8.78 Å². The molecule has 0 spiro atoms. The predicted octanol–water partition coefficient (Wildman–Crippen LogP) is 3.28. The molecule has 0 bridgehead atoms. The molecule has 1 unspecified atom stereocenters. The third-order valence-electron chi connectivity index (χ3n) is 3.65. The van der Waals surface area contributed by atoms with Crippen LogP contribution in [0, 0.1) is 11.6 Å². The fourth-order valence-corrected chi connectivity index (χ4v) is 2.81. The number of nitrogens with zero attached hydrogens (tertiary/aromatic N) is 2. The molecule has 1 aromatic heterocycles. The molecule has 3 rings (SSSR count). The molecule has 2 N–H and O–H groups in total. The largest absolute Gasteiger partial charge is 0.399 e. The van der Waals surface area contributed by atoms with Crippen molar-refractivity contribution in [3.63, 3.8) is 0 Å². The summed E-state index contributed by atoms with van der Waals surface area (Å²) >= 11 is 0. The molecule has 104 valence electrons. The first-order valence-corrected chi connectivity index (χ1v) is 6.58. The highest BCUT2D eigenvalue weighted by Gasteiger charge is 2.30. The van der Waals surface area contributed by atoms with E-state index in [0.717, 1.165) is 30.5 Å². The molecule has 0 saturated carbocycles. The van der Waals surface area contributed by atoms with Crippen LogP contribution in [0.1, 0.15) is 24.4 Å². The maximum absolute atomic E-state index is 14.1. The quantitative estimate of drug-likeness (QED) is 0.855. The van der Waals surface area contributed by atoms with Crippen LogP contribution >= 0.6 is 0 Å². The standard InChI is InChI=1S/C15H15F2N3/c16-12-7-11(18)8-13(17)15(12)20-6-2-4-14(20)10-3-1-5-19-9-10/h1,3,5,7-9,14H,2,4,6,18H2. The molecule has 0 aliphatic carbocycles. The molecule has 1 aliphatic heterocycles. The van der Waals surface area contributed by atoms with Gasteiger partial charge in [0.2, 0.25) is 0 Å². The van der Waals surface area contributed by atoms with Gasteiger partial charge in [0.05, 0.1) is 6.04 Å². The zero-order valence-corrected chi connectivity index (χ0v) is 10.9. The number of hydrogen-bond donors (Lipinski definition) is 1. The minimum absolute atomic E-state index is 0.00514. The lowest BCUT2D eigenvalue weighted by molar-refractivity contribution is 0.566. The van der Waals surface area contributed by atoms with Gasteiger partial charge in [-0.2, -0.15) is 0 Å². The summed E-state index contributed by atoms with van der Waals surface area (Å²) in [5.41, 5.74) is 6.54. The van der Waals surface area contributed by atoms with Gasteiger partial charge in [0, 0.05) is 24.6 Å². The first-order chi connectivity index (χ1) is 9.66. The first-order valence-electron chi connectivity index (χ1n) is 6.58. The molecule has 3 nitrogen and oxygen atoms in total. The lowest BCUT2D eigenvalue weighted by atomic mass is 10.1. The molecule has 1 atom stereocenters. The molecule has 1 aromatic carbocycles. The molecule has 20 heavy (non-hydrogen) atoms. The van der Waals surface area contributed by atoms with Crippen LogP contribution in [0.3, 0.4) is 0 Å². The number of anilines is 2. The molecule has 0 amide bonds. The first kappa shape index (κ1) is 12.8. The number of hydrogen-bond acceptors (Lipinski definition) is 3. The average Bonchev–Trinajstić information content (AvgIpc) is 2.87. The van der Waals surface area contributed by atoms with Crippen molar-refractivity contribution in [1.82, 2.24) is 4.98 Å². The van der Waals surface area contributed by atoms with Crippen LogP contribution in [0.2, 0.25) is 0 Å². The van der Waals surface area contributed by atoms with Crippen LogP contribution in [-0.4, -0.2) is 11.5 Å². The Balaban J connectivity index is 2.01. The van der Waals surface area contributed by atoms with Crippen molar-refractivity contribution in [3.05, 3.63) is 53.9 Å². The summed E-state index contributed by atoms with van der Waals surface area (Å²) in [6.07, 6.45) is 5.18. The van der Waals surface area contributed by atoms with Gasteiger partial charge in [0.1, 0.15) is 5.69 Å². The molecule has 0 radical (unpaired) electrons. The van der Waals surface area contributed by atoms with Gasteiger partial charge in [0.15, 0.2) is 11.6 Å². The Morgan fingerprint density at radius 2 is 2.00 bits per heavy atom. The lowest BCUT2D eigenvalue weighted by Crippen LogP contribution is -2.25. The fraction of sp³-hybridized carbons (Fsp3) is 0.267. The van der Waals surface area contributed by atoms with Gasteiger partial charge < -0.3 is 10.6 Å². The number of pyridine rings is 1. The number of aromatic nitrogens is 1. The Labute approximate surface area is 116 Å². The zero-order chi connectivity index (χ0) is 14.1. The van der Waals surface area contributed by atoms with Crippen molar-refractivity contribution in [1.29, 1.82) is 0 Å². The normalized spacial score (nSPS) is 18.5. The van der Waals surface area contributed by atoms with Gasteiger partial charge >= 0.3 is 0 Å². The van der Waals surface area contributed by atoms with Crippen LogP contribution in [0.25, 0.3) is 0 Å². The van der Waals surface area contributed by atoms with Crippen LogP contribution in [0.15, 0.2) is 36.7 Å². The summed E-state index contributed by atoms with van der Waals surface area (Å²) < 4.78 is 28.1. The summed E-state index contributed by atoms with van der Waals surface area (Å²) in [7, 11) is 0. The minimum atomic E-state index is -0.613. The molecule has 2 heterocycles. The van der Waals surface area contributed by atoms with E-state index >= 15 is 0 Å². The van der Waals surface area contributed by atoms with Crippen LogP contribution in [0.4, 0.5) is 20.2 Å². The van der Waals surface area contributed by atoms with E-state index in [0.29, 0.717) is 6.54 Å². The Bertz CT molecular complexity index is 593. The van der Waals surface area contributed by atoms with Crippen molar-refractivity contribution in [2.45, 2.75) is 18.9 Å². The van der Waals surface area contributed by atoms with E-state index in [-0.39, 0.29) is 17.4 Å². The maximum Gasteiger partial charge on any atom is 0.151 e. The van der Waals surface area contributed by atoms with Gasteiger partial charge in [-0.25, -0.2) is 8.78 Å². The molecular formula is C15H15F2N3. The Morgan fingerprint density at radius 3 is 2.65 bits per heavy atom. The average molecular weight is 275 g/mol. The summed E-state index contributed by atoms with van der Waals surface area (Å²) in [6, 6.07) is 6.05. The summed E-state index contributed by atoms with van der Waals surface area (Å²) in [4.78, 5) is 5.85. The number of rotatable bonds is 2. The Morgan fingerprint density at radius 1 is 1.25 bits per heavy atom. The van der Waals surface area contributed by atoms with Crippen LogP contribution in [-0.2, 0) is 0 Å². The molecule has 5 heteroatoms. The summed E-state index contributed by atoms with van der Waals surface area (Å²) in [5, 5.41) is 0. The van der Waals surface area contributed by atoms with Gasteiger partial charge in [-0.3, -0.25) is 4.98 Å². The van der Waals surface area contributed by atoms with Gasteiger partial charge in [0.25, 0.3) is 0 Å². The monoisotopic (exact) mass is 275 g/mol. The summed E-state index contributed by atoms with van der Waals surface area (Å²) in [6.45, 7) is 0.622. The smallest absolute Gasteiger partial charge is 0.151 e. The molecule has 1 saturated heterocycles. The van der Waals surface area contributed by atoms with E-state index in [1.807, 2.05) is 12.1 Å². The molecule has 1 fully saturated rings. The van der Waals surface area contributed by atoms with E-state index in [4.69, 9.17) is 5.73 Å². The second-order valence-electron chi connectivity index (χ2n) is 4.97. The zero-order valence-electron chi connectivity index (χ0n) is 10.9. The third-order valence-corrected chi connectivity index (χ3v) is 3.65. The van der Waals surface area contributed by atoms with Crippen LogP contribution < -0.4 is 10.6 Å². The van der Waals surface area contributed by atoms with Crippen molar-refractivity contribution < 1.29 is 8.78 Å². The highest BCUT2D eigenvalue weighted by Crippen LogP contribution is 2.38. The summed E-state index contributed by atoms with van der Waals surface area (Å²) in [5.74, 6) is -1.23. The highest BCUT2D eigenvalue weighted by molar-refractivity contribution is 5.57. The number of nitrogens with two attached hydrogens (primary N) is 1. The maximum atomic E-state index is 14.1. The minimum Gasteiger partial charge on any atom is -0.399 e. The van der Waals surface area contributed by atoms with E-state index < -0.39 is 11.6 Å². The fourth-order valence-electron chi connectivity index (χ4n) is 2.81. The molecule has 2 aromatic rings. The number of benzene rings is 1. The number of halogens is 2. The highest BCUT2D eigenvalue weighted by atomic mass is 19.1. The van der Waals surface area contributed by atoms with Crippen LogP contribution in [0.5, 0.6) is 0 Å². The van der Waals surface area contributed by atoms with Crippen molar-refractivity contribution in [2.75, 3.05) is 17.2 Å². The second kappa shape index (κ2) is 5.07. The van der Waals surface area contributed by atoms with E-state index in [2.05, 4.69) is 4.98 Å². The predicted molar refractivity (Wildman–Crippen MR) is 74.3 cm³/mol. The SMILES string of the molecule is Nc1cc(F)c(N2CCCC2c2cccnc2)c(F)c1. The Kier molecular flexibility index (Phi) is 3.26. The van der Waals surface area contributed by atoms with E-state index in [1.54, 1.807) is 17.3 Å². The second-order valence-corrected chi connectivity index (χ2v) is 4.97. The Hall–Kier alpha value is -2.17. The van der Waals surface area contributed by atoms with Gasteiger partial charge in [-0.05, 0) is 36.6 Å². The van der Waals surface area contributed by atoms with Crippen molar-refractivity contribution in [2.24, 2.45) is 0 Å². The third kappa shape index (κ3) is 2.19. The van der Waals surface area contributed by atoms with Crippen molar-refractivity contribution in [3.8, 4) is 0 Å².